The molecule has 0 bridgehead atoms. The second-order valence-corrected chi connectivity index (χ2v) is 6.64. The molecule has 122 valence electrons. The number of carbonyl (C=O) groups is 2. The minimum atomic E-state index is -0.617. The number of methoxy groups -OCH3 is 1. The molecule has 1 aromatic rings. The van der Waals surface area contributed by atoms with Crippen LogP contribution in [0.25, 0.3) is 0 Å². The molecular formula is C17H19NO5. The molecule has 0 radical (unpaired) electrons. The molecule has 3 rings (SSSR count). The van der Waals surface area contributed by atoms with Crippen LogP contribution in [0.4, 0.5) is 0 Å². The molecule has 0 spiro atoms. The first-order valence-corrected chi connectivity index (χ1v) is 7.38. The van der Waals surface area contributed by atoms with Crippen LogP contribution in [0.15, 0.2) is 45.8 Å². The lowest BCUT2D eigenvalue weighted by Crippen LogP contribution is -2.35. The number of rotatable bonds is 2. The molecule has 0 saturated carbocycles. The van der Waals surface area contributed by atoms with Gasteiger partial charge in [0.2, 0.25) is 5.88 Å². The van der Waals surface area contributed by atoms with Crippen LogP contribution in [-0.2, 0) is 19.1 Å². The second kappa shape index (κ2) is 5.30. The van der Waals surface area contributed by atoms with Gasteiger partial charge in [-0.05, 0) is 11.5 Å². The van der Waals surface area contributed by atoms with Gasteiger partial charge >= 0.3 is 5.97 Å². The highest BCUT2D eigenvalue weighted by Crippen LogP contribution is 2.48. The van der Waals surface area contributed by atoms with E-state index in [0.717, 1.165) is 0 Å². The van der Waals surface area contributed by atoms with Crippen molar-refractivity contribution in [2.24, 2.45) is 11.1 Å². The van der Waals surface area contributed by atoms with Crippen LogP contribution in [0, 0.1) is 5.41 Å². The van der Waals surface area contributed by atoms with E-state index in [9.17, 15) is 9.59 Å². The molecule has 1 aliphatic heterocycles. The average molecular weight is 317 g/mol. The summed E-state index contributed by atoms with van der Waals surface area (Å²) >= 11 is 0. The number of esters is 1. The standard InChI is InChI=1S/C17H19NO5/c1-17(2)6-10(19)13-11(7-17)23-15(18)14(16(20)21-3)12(13)9-4-5-22-8-9/h4-5,8,12H,6-7,18H2,1-3H3/t12-/m0/s1. The highest BCUT2D eigenvalue weighted by Gasteiger charge is 2.45. The molecular weight excluding hydrogens is 298 g/mol. The van der Waals surface area contributed by atoms with Crippen molar-refractivity contribution in [1.82, 2.24) is 0 Å². The molecule has 2 aliphatic rings. The van der Waals surface area contributed by atoms with E-state index in [1.165, 1.54) is 19.6 Å². The third-order valence-electron chi connectivity index (χ3n) is 4.24. The highest BCUT2D eigenvalue weighted by molar-refractivity contribution is 6.03. The summed E-state index contributed by atoms with van der Waals surface area (Å²) in [6, 6.07) is 1.71. The van der Waals surface area contributed by atoms with Gasteiger partial charge in [-0.15, -0.1) is 0 Å². The van der Waals surface area contributed by atoms with Crippen molar-refractivity contribution in [2.45, 2.75) is 32.6 Å². The number of ketones is 1. The lowest BCUT2D eigenvalue weighted by molar-refractivity contribution is -0.136. The van der Waals surface area contributed by atoms with E-state index < -0.39 is 11.9 Å². The van der Waals surface area contributed by atoms with Crippen molar-refractivity contribution in [1.29, 1.82) is 0 Å². The lowest BCUT2D eigenvalue weighted by atomic mass is 9.70. The predicted octanol–water partition coefficient (Wildman–Crippen LogP) is 2.38. The fraction of sp³-hybridized carbons (Fsp3) is 0.412. The molecule has 2 heterocycles. The number of hydrogen-bond acceptors (Lipinski definition) is 6. The Kier molecular flexibility index (Phi) is 3.55. The van der Waals surface area contributed by atoms with E-state index in [-0.39, 0.29) is 22.7 Å². The number of hydrogen-bond donors (Lipinski definition) is 1. The number of furan rings is 1. The van der Waals surface area contributed by atoms with Gasteiger partial charge in [0, 0.05) is 24.0 Å². The Morgan fingerprint density at radius 3 is 2.74 bits per heavy atom. The fourth-order valence-electron chi connectivity index (χ4n) is 3.27. The third kappa shape index (κ3) is 2.54. The highest BCUT2D eigenvalue weighted by atomic mass is 16.5. The maximum Gasteiger partial charge on any atom is 0.340 e. The number of ether oxygens (including phenoxy) is 2. The van der Waals surface area contributed by atoms with Gasteiger partial charge in [0.1, 0.15) is 11.3 Å². The van der Waals surface area contributed by atoms with Crippen LogP contribution < -0.4 is 5.73 Å². The maximum atomic E-state index is 12.7. The topological polar surface area (TPSA) is 91.8 Å². The Morgan fingerprint density at radius 2 is 2.13 bits per heavy atom. The Hall–Kier alpha value is -2.50. The zero-order valence-electron chi connectivity index (χ0n) is 13.3. The first-order valence-electron chi connectivity index (χ1n) is 7.38. The summed E-state index contributed by atoms with van der Waals surface area (Å²) in [6.45, 7) is 4.00. The molecule has 6 nitrogen and oxygen atoms in total. The van der Waals surface area contributed by atoms with Crippen LogP contribution in [0.5, 0.6) is 0 Å². The molecule has 0 saturated heterocycles. The first kappa shape index (κ1) is 15.4. The second-order valence-electron chi connectivity index (χ2n) is 6.64. The largest absolute Gasteiger partial charge is 0.472 e. The molecule has 1 aliphatic carbocycles. The Bertz CT molecular complexity index is 724. The van der Waals surface area contributed by atoms with Crippen LogP contribution in [0.2, 0.25) is 0 Å². The van der Waals surface area contributed by atoms with Gasteiger partial charge in [-0.25, -0.2) is 4.79 Å². The molecule has 2 N–H and O–H groups in total. The van der Waals surface area contributed by atoms with E-state index in [2.05, 4.69) is 0 Å². The van der Waals surface area contributed by atoms with Crippen molar-refractivity contribution in [3.63, 3.8) is 0 Å². The lowest BCUT2D eigenvalue weighted by Gasteiger charge is -2.37. The number of carbonyl (C=O) groups excluding carboxylic acids is 2. The summed E-state index contributed by atoms with van der Waals surface area (Å²) < 4.78 is 15.6. The summed E-state index contributed by atoms with van der Waals surface area (Å²) in [5.74, 6) is -0.766. The summed E-state index contributed by atoms with van der Waals surface area (Å²) in [4.78, 5) is 24.9. The quantitative estimate of drug-likeness (QED) is 0.842. The molecule has 6 heteroatoms. The summed E-state index contributed by atoms with van der Waals surface area (Å²) in [7, 11) is 1.27. The van der Waals surface area contributed by atoms with Gasteiger partial charge in [0.25, 0.3) is 0 Å². The van der Waals surface area contributed by atoms with E-state index in [0.29, 0.717) is 29.7 Å². The zero-order valence-corrected chi connectivity index (χ0v) is 13.3. The smallest absolute Gasteiger partial charge is 0.340 e. The van der Waals surface area contributed by atoms with Gasteiger partial charge in [-0.1, -0.05) is 13.8 Å². The van der Waals surface area contributed by atoms with Crippen molar-refractivity contribution >= 4 is 11.8 Å². The molecule has 1 aromatic heterocycles. The monoisotopic (exact) mass is 317 g/mol. The maximum absolute atomic E-state index is 12.7. The minimum Gasteiger partial charge on any atom is -0.472 e. The van der Waals surface area contributed by atoms with E-state index in [1.54, 1.807) is 6.07 Å². The molecule has 0 unspecified atom stereocenters. The molecule has 23 heavy (non-hydrogen) atoms. The van der Waals surface area contributed by atoms with Gasteiger partial charge in [0.05, 0.1) is 25.6 Å². The normalized spacial score (nSPS) is 23.4. The molecule has 0 amide bonds. The van der Waals surface area contributed by atoms with Crippen molar-refractivity contribution < 1.29 is 23.5 Å². The van der Waals surface area contributed by atoms with Crippen LogP contribution in [0.1, 0.15) is 38.2 Å². The Morgan fingerprint density at radius 1 is 1.39 bits per heavy atom. The molecule has 0 aromatic carbocycles. The van der Waals surface area contributed by atoms with E-state index in [1.807, 2.05) is 13.8 Å². The first-order chi connectivity index (χ1) is 10.8. The van der Waals surface area contributed by atoms with Gasteiger partial charge < -0.3 is 19.6 Å². The van der Waals surface area contributed by atoms with Crippen molar-refractivity contribution in [3.8, 4) is 0 Å². The van der Waals surface area contributed by atoms with Gasteiger partial charge in [-0.3, -0.25) is 4.79 Å². The zero-order chi connectivity index (χ0) is 16.8. The SMILES string of the molecule is COC(=O)C1=C(N)OC2=C(C(=O)CC(C)(C)C2)[C@@H]1c1ccoc1. The molecule has 1 atom stereocenters. The van der Waals surface area contributed by atoms with E-state index >= 15 is 0 Å². The molecule has 0 fully saturated rings. The fourth-order valence-corrected chi connectivity index (χ4v) is 3.27. The van der Waals surface area contributed by atoms with Crippen LogP contribution in [-0.4, -0.2) is 18.9 Å². The predicted molar refractivity (Wildman–Crippen MR) is 80.8 cm³/mol. The van der Waals surface area contributed by atoms with Crippen LogP contribution >= 0.6 is 0 Å². The summed E-state index contributed by atoms with van der Waals surface area (Å²) in [5.41, 5.74) is 7.06. The minimum absolute atomic E-state index is 0.0210. The Balaban J connectivity index is 2.17. The third-order valence-corrected chi connectivity index (χ3v) is 4.24. The van der Waals surface area contributed by atoms with Crippen molar-refractivity contribution in [2.75, 3.05) is 7.11 Å². The Labute approximate surface area is 133 Å². The summed E-state index contributed by atoms with van der Waals surface area (Å²) in [6.07, 6.45) is 3.96. The average Bonchev–Trinajstić information content (AvgIpc) is 2.97. The van der Waals surface area contributed by atoms with Crippen LogP contribution in [0.3, 0.4) is 0 Å². The number of nitrogens with two attached hydrogens (primary N) is 1. The van der Waals surface area contributed by atoms with E-state index in [4.69, 9.17) is 19.6 Å². The summed E-state index contributed by atoms with van der Waals surface area (Å²) in [5, 5.41) is 0. The van der Waals surface area contributed by atoms with Gasteiger partial charge in [0.15, 0.2) is 5.78 Å². The number of allylic oxidation sites excluding steroid dienone is 2. The van der Waals surface area contributed by atoms with Gasteiger partial charge in [-0.2, -0.15) is 0 Å². The van der Waals surface area contributed by atoms with Crippen molar-refractivity contribution in [3.05, 3.63) is 46.9 Å². The number of Topliss-reactive ketones (excluding diaryl/α,β-unsaturated/α-hetero) is 1.